The summed E-state index contributed by atoms with van der Waals surface area (Å²) in [5.41, 5.74) is 1.10. The molecule has 2 aromatic carbocycles. The molecule has 0 saturated carbocycles. The number of carbonyl (C=O) groups excluding carboxylic acids is 2. The zero-order valence-corrected chi connectivity index (χ0v) is 21.2. The molecule has 8 nitrogen and oxygen atoms in total. The Morgan fingerprint density at radius 1 is 1.11 bits per heavy atom. The predicted octanol–water partition coefficient (Wildman–Crippen LogP) is 4.41. The molecule has 3 aromatic rings. The van der Waals surface area contributed by atoms with E-state index in [2.05, 4.69) is 5.32 Å². The number of carbonyl (C=O) groups is 2. The molecular weight excluding hydrogens is 480 g/mol. The lowest BCUT2D eigenvalue weighted by molar-refractivity contribution is -0.126. The van der Waals surface area contributed by atoms with Crippen LogP contribution in [0.5, 0.6) is 17.2 Å². The predicted molar refractivity (Wildman–Crippen MR) is 137 cm³/mol. The Hall–Kier alpha value is -3.56. The van der Waals surface area contributed by atoms with Crippen LogP contribution in [0.2, 0.25) is 0 Å². The zero-order chi connectivity index (χ0) is 25.3. The van der Waals surface area contributed by atoms with Crippen molar-refractivity contribution in [2.75, 3.05) is 33.7 Å². The highest BCUT2D eigenvalue weighted by atomic mass is 32.1. The van der Waals surface area contributed by atoms with Crippen molar-refractivity contribution in [2.45, 2.75) is 25.9 Å². The highest BCUT2D eigenvalue weighted by molar-refractivity contribution is 7.09. The number of ether oxygens (including phenoxy) is 4. The molecule has 0 radical (unpaired) electrons. The summed E-state index contributed by atoms with van der Waals surface area (Å²) in [5, 5.41) is 4.94. The van der Waals surface area contributed by atoms with Crippen molar-refractivity contribution in [1.82, 2.24) is 10.2 Å². The van der Waals surface area contributed by atoms with Crippen molar-refractivity contribution in [1.29, 1.82) is 0 Å². The number of nitrogens with zero attached hydrogens (tertiary/aromatic N) is 1. The van der Waals surface area contributed by atoms with Crippen molar-refractivity contribution in [3.63, 3.8) is 0 Å². The van der Waals surface area contributed by atoms with Crippen LogP contribution in [-0.2, 0) is 16.1 Å². The van der Waals surface area contributed by atoms with Gasteiger partial charge in [-0.25, -0.2) is 0 Å². The molecule has 4 rings (SSSR count). The van der Waals surface area contributed by atoms with Gasteiger partial charge in [0.05, 0.1) is 13.7 Å². The zero-order valence-electron chi connectivity index (χ0n) is 20.4. The van der Waals surface area contributed by atoms with Crippen LogP contribution >= 0.6 is 11.3 Å². The van der Waals surface area contributed by atoms with Gasteiger partial charge in [0.15, 0.2) is 11.5 Å². The average molecular weight is 511 g/mol. The Bertz CT molecular complexity index is 1150. The monoisotopic (exact) mass is 510 g/mol. The summed E-state index contributed by atoms with van der Waals surface area (Å²) in [6, 6.07) is 15.3. The van der Waals surface area contributed by atoms with Gasteiger partial charge in [0.1, 0.15) is 11.8 Å². The second kappa shape index (κ2) is 12.4. The SMILES string of the molecule is CCOCCCNC(=O)[C@H](c1ccc(OC)cc1)N(Cc1cccs1)C(=O)c1ccc2c(c1)OCO2. The Labute approximate surface area is 214 Å². The van der Waals surface area contributed by atoms with Crippen molar-refractivity contribution in [2.24, 2.45) is 0 Å². The fourth-order valence-electron chi connectivity index (χ4n) is 3.93. The molecule has 0 saturated heterocycles. The third kappa shape index (κ3) is 6.16. The van der Waals surface area contributed by atoms with Crippen LogP contribution in [0.1, 0.15) is 40.2 Å². The number of benzene rings is 2. The first-order valence-corrected chi connectivity index (χ1v) is 12.7. The molecule has 1 aromatic heterocycles. The fraction of sp³-hybridized carbons (Fsp3) is 0.333. The molecule has 1 aliphatic heterocycles. The highest BCUT2D eigenvalue weighted by Crippen LogP contribution is 2.34. The number of rotatable bonds is 12. The van der Waals surface area contributed by atoms with E-state index < -0.39 is 6.04 Å². The molecule has 36 heavy (non-hydrogen) atoms. The van der Waals surface area contributed by atoms with Gasteiger partial charge in [0.25, 0.3) is 5.91 Å². The summed E-state index contributed by atoms with van der Waals surface area (Å²) in [4.78, 5) is 30.1. The van der Waals surface area contributed by atoms with E-state index in [4.69, 9.17) is 18.9 Å². The van der Waals surface area contributed by atoms with Crippen LogP contribution < -0.4 is 19.5 Å². The fourth-order valence-corrected chi connectivity index (χ4v) is 4.63. The van der Waals surface area contributed by atoms with Crippen molar-refractivity contribution in [3.05, 3.63) is 76.0 Å². The van der Waals surface area contributed by atoms with Crippen LogP contribution in [0.4, 0.5) is 0 Å². The lowest BCUT2D eigenvalue weighted by Crippen LogP contribution is -2.43. The summed E-state index contributed by atoms with van der Waals surface area (Å²) in [5.74, 6) is 1.23. The van der Waals surface area contributed by atoms with Crippen LogP contribution in [0.3, 0.4) is 0 Å². The first-order chi connectivity index (χ1) is 17.6. The summed E-state index contributed by atoms with van der Waals surface area (Å²) in [6.07, 6.45) is 0.677. The quantitative estimate of drug-likeness (QED) is 0.363. The molecule has 2 heterocycles. The molecule has 0 bridgehead atoms. The minimum absolute atomic E-state index is 0.116. The highest BCUT2D eigenvalue weighted by Gasteiger charge is 2.33. The van der Waals surface area contributed by atoms with Crippen LogP contribution in [0.25, 0.3) is 0 Å². The Morgan fingerprint density at radius 3 is 2.64 bits per heavy atom. The molecule has 0 aliphatic carbocycles. The third-order valence-corrected chi connectivity index (χ3v) is 6.61. The number of nitrogens with one attached hydrogen (secondary N) is 1. The number of hydrogen-bond acceptors (Lipinski definition) is 7. The van der Waals surface area contributed by atoms with Gasteiger partial charge >= 0.3 is 0 Å². The standard InChI is InChI=1S/C27H30N2O6S/c1-3-33-14-5-13-28-26(30)25(19-7-10-21(32-2)11-8-19)29(17-22-6-4-15-36-22)27(31)20-9-12-23-24(16-20)35-18-34-23/h4,6-12,15-16,25H,3,5,13-14,17-18H2,1-2H3,(H,28,30)/t25-/m0/s1. The molecule has 0 spiro atoms. The second-order valence-electron chi connectivity index (χ2n) is 8.10. The van der Waals surface area contributed by atoms with Gasteiger partial charge in [-0.05, 0) is 60.7 Å². The van der Waals surface area contributed by atoms with Crippen LogP contribution in [0, 0.1) is 0 Å². The van der Waals surface area contributed by atoms with Crippen molar-refractivity contribution < 1.29 is 28.5 Å². The lowest BCUT2D eigenvalue weighted by atomic mass is 10.0. The molecule has 190 valence electrons. The van der Waals surface area contributed by atoms with Crippen molar-refractivity contribution in [3.8, 4) is 17.2 Å². The van der Waals surface area contributed by atoms with Gasteiger partial charge in [-0.1, -0.05) is 18.2 Å². The van der Waals surface area contributed by atoms with E-state index in [9.17, 15) is 9.59 Å². The van der Waals surface area contributed by atoms with Gasteiger partial charge in [-0.3, -0.25) is 9.59 Å². The first-order valence-electron chi connectivity index (χ1n) is 11.8. The largest absolute Gasteiger partial charge is 0.497 e. The van der Waals surface area contributed by atoms with Gasteiger partial charge in [-0.2, -0.15) is 0 Å². The summed E-state index contributed by atoms with van der Waals surface area (Å²) < 4.78 is 21.6. The number of fused-ring (bicyclic) bond motifs is 1. The van der Waals surface area contributed by atoms with Gasteiger partial charge < -0.3 is 29.2 Å². The van der Waals surface area contributed by atoms with E-state index in [-0.39, 0.29) is 25.2 Å². The van der Waals surface area contributed by atoms with E-state index in [1.165, 1.54) is 11.3 Å². The molecule has 1 N–H and O–H groups in total. The number of methoxy groups -OCH3 is 1. The Morgan fingerprint density at radius 2 is 1.92 bits per heavy atom. The first kappa shape index (κ1) is 25.5. The Balaban J connectivity index is 1.67. The van der Waals surface area contributed by atoms with Crippen LogP contribution in [-0.4, -0.2) is 50.4 Å². The molecule has 0 fully saturated rings. The smallest absolute Gasteiger partial charge is 0.255 e. The van der Waals surface area contributed by atoms with E-state index in [1.807, 2.05) is 36.6 Å². The maximum Gasteiger partial charge on any atom is 0.255 e. The van der Waals surface area contributed by atoms with E-state index in [0.717, 1.165) is 4.88 Å². The molecule has 9 heteroatoms. The summed E-state index contributed by atoms with van der Waals surface area (Å²) in [7, 11) is 1.59. The molecular formula is C27H30N2O6S. The van der Waals surface area contributed by atoms with Crippen molar-refractivity contribution >= 4 is 23.2 Å². The number of hydrogen-bond donors (Lipinski definition) is 1. The van der Waals surface area contributed by atoms with E-state index in [0.29, 0.717) is 54.6 Å². The summed E-state index contributed by atoms with van der Waals surface area (Å²) >= 11 is 1.53. The maximum absolute atomic E-state index is 13.9. The van der Waals surface area contributed by atoms with Crippen LogP contribution in [0.15, 0.2) is 60.0 Å². The van der Waals surface area contributed by atoms with E-state index >= 15 is 0 Å². The molecule has 1 aliphatic rings. The third-order valence-electron chi connectivity index (χ3n) is 5.75. The lowest BCUT2D eigenvalue weighted by Gasteiger charge is -2.31. The molecule has 2 amide bonds. The normalized spacial score (nSPS) is 12.7. The number of amides is 2. The second-order valence-corrected chi connectivity index (χ2v) is 9.13. The molecule has 1 atom stereocenters. The van der Waals surface area contributed by atoms with Gasteiger partial charge in [0, 0.05) is 30.2 Å². The Kier molecular flexibility index (Phi) is 8.80. The maximum atomic E-state index is 13.9. The van der Waals surface area contributed by atoms with Gasteiger partial charge in [-0.15, -0.1) is 11.3 Å². The average Bonchev–Trinajstić information content (AvgIpc) is 3.60. The minimum atomic E-state index is -0.858. The summed E-state index contributed by atoms with van der Waals surface area (Å²) in [6.45, 7) is 3.94. The molecule has 0 unspecified atom stereocenters. The van der Waals surface area contributed by atoms with E-state index in [1.54, 1.807) is 42.3 Å². The topological polar surface area (TPSA) is 86.3 Å². The van der Waals surface area contributed by atoms with Gasteiger partial charge in [0.2, 0.25) is 12.7 Å². The number of thiophene rings is 1. The minimum Gasteiger partial charge on any atom is -0.497 e.